The summed E-state index contributed by atoms with van der Waals surface area (Å²) < 4.78 is 7.60. The third kappa shape index (κ3) is 5.09. The molecule has 1 aromatic heterocycles. The van der Waals surface area contributed by atoms with E-state index in [0.717, 1.165) is 17.0 Å². The van der Waals surface area contributed by atoms with E-state index in [-0.39, 0.29) is 5.91 Å². The van der Waals surface area contributed by atoms with Gasteiger partial charge < -0.3 is 10.1 Å². The van der Waals surface area contributed by atoms with Gasteiger partial charge >= 0.3 is 0 Å². The van der Waals surface area contributed by atoms with Crippen LogP contribution in [0, 0.1) is 18.8 Å². The maximum absolute atomic E-state index is 12.7. The van der Waals surface area contributed by atoms with Crippen LogP contribution in [0.1, 0.15) is 28.7 Å². The van der Waals surface area contributed by atoms with Gasteiger partial charge in [-0.3, -0.25) is 4.79 Å². The number of anilines is 1. The topological polar surface area (TPSA) is 69.0 Å². The SMILES string of the molecule is Cc1c(C(=O)Nc2ccc(OCc3ccccc3)cc2)nnn1CC1C=CC=CC1C. The fraction of sp³-hybridized carbons (Fsp3) is 0.240. The van der Waals surface area contributed by atoms with Crippen molar-refractivity contribution < 1.29 is 9.53 Å². The Hall–Kier alpha value is -3.67. The quantitative estimate of drug-likeness (QED) is 0.603. The molecule has 158 valence electrons. The number of hydrogen-bond acceptors (Lipinski definition) is 4. The van der Waals surface area contributed by atoms with Crippen molar-refractivity contribution in [2.45, 2.75) is 27.0 Å². The summed E-state index contributed by atoms with van der Waals surface area (Å²) in [6, 6.07) is 17.3. The van der Waals surface area contributed by atoms with Gasteiger partial charge in [0.1, 0.15) is 12.4 Å². The summed E-state index contributed by atoms with van der Waals surface area (Å²) in [4.78, 5) is 12.7. The van der Waals surface area contributed by atoms with E-state index in [2.05, 4.69) is 46.9 Å². The summed E-state index contributed by atoms with van der Waals surface area (Å²) in [6.45, 7) is 5.25. The molecule has 1 heterocycles. The van der Waals surface area contributed by atoms with Gasteiger partial charge in [0.25, 0.3) is 5.91 Å². The number of aromatic nitrogens is 3. The van der Waals surface area contributed by atoms with Crippen LogP contribution in [0.25, 0.3) is 0 Å². The number of amides is 1. The predicted molar refractivity (Wildman–Crippen MR) is 121 cm³/mol. The van der Waals surface area contributed by atoms with Crippen molar-refractivity contribution >= 4 is 11.6 Å². The predicted octanol–water partition coefficient (Wildman–Crippen LogP) is 4.80. The number of carbonyl (C=O) groups is 1. The van der Waals surface area contributed by atoms with Crippen molar-refractivity contribution in [3.8, 4) is 5.75 Å². The molecule has 1 N–H and O–H groups in total. The second-order valence-corrected chi connectivity index (χ2v) is 7.75. The summed E-state index contributed by atoms with van der Waals surface area (Å²) in [5.41, 5.74) is 2.88. The van der Waals surface area contributed by atoms with Gasteiger partial charge in [-0.2, -0.15) is 0 Å². The van der Waals surface area contributed by atoms with Gasteiger partial charge in [-0.25, -0.2) is 4.68 Å². The summed E-state index contributed by atoms with van der Waals surface area (Å²) in [5.74, 6) is 1.24. The number of carbonyl (C=O) groups excluding carboxylic acids is 1. The van der Waals surface area contributed by atoms with Gasteiger partial charge in [-0.1, -0.05) is 66.8 Å². The van der Waals surface area contributed by atoms with Crippen LogP contribution in [0.2, 0.25) is 0 Å². The third-order valence-corrected chi connectivity index (χ3v) is 5.50. The number of allylic oxidation sites excluding steroid dienone is 4. The minimum Gasteiger partial charge on any atom is -0.489 e. The highest BCUT2D eigenvalue weighted by Crippen LogP contribution is 2.22. The summed E-state index contributed by atoms with van der Waals surface area (Å²) in [7, 11) is 0. The van der Waals surface area contributed by atoms with Gasteiger partial charge in [0, 0.05) is 18.2 Å². The highest BCUT2D eigenvalue weighted by Gasteiger charge is 2.20. The second-order valence-electron chi connectivity index (χ2n) is 7.75. The lowest BCUT2D eigenvalue weighted by atomic mass is 9.90. The van der Waals surface area contributed by atoms with Gasteiger partial charge in [-0.05, 0) is 42.7 Å². The van der Waals surface area contributed by atoms with E-state index in [1.807, 2.05) is 61.5 Å². The Morgan fingerprint density at radius 2 is 1.81 bits per heavy atom. The van der Waals surface area contributed by atoms with Crippen molar-refractivity contribution in [2.24, 2.45) is 11.8 Å². The van der Waals surface area contributed by atoms with Crippen LogP contribution in [-0.4, -0.2) is 20.9 Å². The van der Waals surface area contributed by atoms with Crippen LogP contribution in [0.5, 0.6) is 5.75 Å². The molecule has 2 aromatic carbocycles. The van der Waals surface area contributed by atoms with E-state index in [1.54, 1.807) is 4.68 Å². The van der Waals surface area contributed by atoms with E-state index in [0.29, 0.717) is 36.4 Å². The zero-order valence-electron chi connectivity index (χ0n) is 17.7. The van der Waals surface area contributed by atoms with Crippen LogP contribution in [0.4, 0.5) is 5.69 Å². The molecule has 1 amide bonds. The highest BCUT2D eigenvalue weighted by molar-refractivity contribution is 6.03. The maximum Gasteiger partial charge on any atom is 0.278 e. The lowest BCUT2D eigenvalue weighted by Crippen LogP contribution is -2.19. The fourth-order valence-electron chi connectivity index (χ4n) is 3.50. The number of benzene rings is 2. The minimum absolute atomic E-state index is 0.270. The van der Waals surface area contributed by atoms with Gasteiger partial charge in [-0.15, -0.1) is 5.10 Å². The van der Waals surface area contributed by atoms with E-state index >= 15 is 0 Å². The number of ether oxygens (including phenoxy) is 1. The molecule has 1 aliphatic rings. The van der Waals surface area contributed by atoms with Crippen LogP contribution in [-0.2, 0) is 13.2 Å². The third-order valence-electron chi connectivity index (χ3n) is 5.50. The molecule has 2 unspecified atom stereocenters. The highest BCUT2D eigenvalue weighted by atomic mass is 16.5. The largest absolute Gasteiger partial charge is 0.489 e. The molecule has 3 aromatic rings. The molecule has 0 radical (unpaired) electrons. The van der Waals surface area contributed by atoms with E-state index in [4.69, 9.17) is 4.74 Å². The molecular formula is C25H26N4O2. The lowest BCUT2D eigenvalue weighted by molar-refractivity contribution is 0.102. The lowest BCUT2D eigenvalue weighted by Gasteiger charge is -2.20. The van der Waals surface area contributed by atoms with Crippen molar-refractivity contribution in [1.29, 1.82) is 0 Å². The molecule has 4 rings (SSSR count). The first-order chi connectivity index (χ1) is 15.1. The van der Waals surface area contributed by atoms with Crippen molar-refractivity contribution in [1.82, 2.24) is 15.0 Å². The Balaban J connectivity index is 1.35. The number of nitrogens with one attached hydrogen (secondary N) is 1. The summed E-state index contributed by atoms with van der Waals surface area (Å²) in [5, 5.41) is 11.2. The van der Waals surface area contributed by atoms with E-state index in [9.17, 15) is 4.79 Å². The molecule has 0 fully saturated rings. The molecule has 0 saturated heterocycles. The van der Waals surface area contributed by atoms with Crippen LogP contribution in [0.15, 0.2) is 78.9 Å². The zero-order valence-corrected chi connectivity index (χ0v) is 17.7. The number of hydrogen-bond donors (Lipinski definition) is 1. The van der Waals surface area contributed by atoms with Gasteiger partial charge in [0.05, 0.1) is 5.69 Å². The van der Waals surface area contributed by atoms with Crippen molar-refractivity contribution in [3.05, 3.63) is 95.9 Å². The fourth-order valence-corrected chi connectivity index (χ4v) is 3.50. The number of nitrogens with zero attached hydrogens (tertiary/aromatic N) is 3. The normalized spacial score (nSPS) is 17.5. The standard InChI is InChI=1S/C25H26N4O2/c1-18-8-6-7-11-21(18)16-29-19(2)24(27-28-29)25(30)26-22-12-14-23(15-13-22)31-17-20-9-4-3-5-10-20/h3-15,18,21H,16-17H2,1-2H3,(H,26,30). The van der Waals surface area contributed by atoms with Crippen molar-refractivity contribution in [2.75, 3.05) is 5.32 Å². The molecule has 31 heavy (non-hydrogen) atoms. The average molecular weight is 415 g/mol. The van der Waals surface area contributed by atoms with Crippen LogP contribution < -0.4 is 10.1 Å². The molecule has 0 saturated carbocycles. The Bertz CT molecular complexity index is 1080. The second kappa shape index (κ2) is 9.43. The van der Waals surface area contributed by atoms with E-state index < -0.39 is 0 Å². The Morgan fingerprint density at radius 3 is 2.55 bits per heavy atom. The van der Waals surface area contributed by atoms with Crippen LogP contribution >= 0.6 is 0 Å². The Labute approximate surface area is 182 Å². The van der Waals surface area contributed by atoms with Gasteiger partial charge in [0.2, 0.25) is 0 Å². The molecule has 0 bridgehead atoms. The molecule has 0 spiro atoms. The zero-order chi connectivity index (χ0) is 21.6. The minimum atomic E-state index is -0.270. The summed E-state index contributed by atoms with van der Waals surface area (Å²) >= 11 is 0. The monoisotopic (exact) mass is 414 g/mol. The first kappa shape index (κ1) is 20.6. The maximum atomic E-state index is 12.7. The Morgan fingerprint density at radius 1 is 1.06 bits per heavy atom. The smallest absolute Gasteiger partial charge is 0.278 e. The Kier molecular flexibility index (Phi) is 6.26. The average Bonchev–Trinajstić information content (AvgIpc) is 3.16. The van der Waals surface area contributed by atoms with Gasteiger partial charge in [0.15, 0.2) is 5.69 Å². The molecule has 2 atom stereocenters. The van der Waals surface area contributed by atoms with Crippen molar-refractivity contribution in [3.63, 3.8) is 0 Å². The number of rotatable bonds is 7. The first-order valence-electron chi connectivity index (χ1n) is 10.4. The molecule has 1 aliphatic carbocycles. The summed E-state index contributed by atoms with van der Waals surface area (Å²) in [6.07, 6.45) is 8.47. The molecule has 6 heteroatoms. The van der Waals surface area contributed by atoms with E-state index in [1.165, 1.54) is 0 Å². The first-order valence-corrected chi connectivity index (χ1v) is 10.4. The molecule has 0 aliphatic heterocycles. The van der Waals surface area contributed by atoms with Crippen LogP contribution in [0.3, 0.4) is 0 Å². The molecule has 6 nitrogen and oxygen atoms in total. The molecular weight excluding hydrogens is 388 g/mol.